The summed E-state index contributed by atoms with van der Waals surface area (Å²) in [5, 5.41) is 12.8. The molecular weight excluding hydrogens is 388 g/mol. The fourth-order valence-electron chi connectivity index (χ4n) is 3.89. The Hall–Kier alpha value is -2.48. The molecule has 0 aliphatic carbocycles. The average Bonchev–Trinajstić information content (AvgIpc) is 3.37. The number of benzene rings is 1. The van der Waals surface area contributed by atoms with Crippen molar-refractivity contribution in [2.75, 3.05) is 39.4 Å². The summed E-state index contributed by atoms with van der Waals surface area (Å²) in [4.78, 5) is 30.5. The maximum Gasteiger partial charge on any atom is 0.295 e. The Morgan fingerprint density at radius 2 is 1.83 bits per heavy atom. The molecule has 29 heavy (non-hydrogen) atoms. The highest BCUT2D eigenvalue weighted by Gasteiger charge is 2.46. The number of nitrogens with zero attached hydrogens (tertiary/aromatic N) is 2. The lowest BCUT2D eigenvalue weighted by atomic mass is 10.00. The van der Waals surface area contributed by atoms with E-state index in [2.05, 4.69) is 4.90 Å². The van der Waals surface area contributed by atoms with Crippen LogP contribution < -0.4 is 0 Å². The van der Waals surface area contributed by atoms with E-state index >= 15 is 0 Å². The summed E-state index contributed by atoms with van der Waals surface area (Å²) in [6, 6.07) is 12.2. The van der Waals surface area contributed by atoms with Gasteiger partial charge in [-0.25, -0.2) is 0 Å². The van der Waals surface area contributed by atoms with Crippen molar-refractivity contribution in [2.24, 2.45) is 0 Å². The molecule has 1 aromatic heterocycles. The second-order valence-corrected chi connectivity index (χ2v) is 8.16. The highest BCUT2D eigenvalue weighted by Crippen LogP contribution is 2.41. The number of likely N-dealkylation sites (tertiary alicyclic amines) is 1. The monoisotopic (exact) mass is 412 g/mol. The van der Waals surface area contributed by atoms with Crippen molar-refractivity contribution in [3.05, 3.63) is 63.9 Å². The van der Waals surface area contributed by atoms with Gasteiger partial charge in [0.2, 0.25) is 0 Å². The van der Waals surface area contributed by atoms with Crippen LogP contribution >= 0.6 is 11.3 Å². The Labute approximate surface area is 174 Å². The molecule has 2 fully saturated rings. The molecule has 1 atom stereocenters. The number of hydrogen-bond donors (Lipinski definition) is 1. The number of rotatable bonds is 6. The van der Waals surface area contributed by atoms with E-state index in [0.29, 0.717) is 12.1 Å². The average molecular weight is 413 g/mol. The van der Waals surface area contributed by atoms with Gasteiger partial charge in [0, 0.05) is 36.6 Å². The molecule has 2 aliphatic heterocycles. The number of thiophene rings is 1. The molecule has 0 radical (unpaired) electrons. The molecule has 7 heteroatoms. The number of aliphatic hydroxyl groups excluding tert-OH is 1. The van der Waals surface area contributed by atoms with E-state index in [-0.39, 0.29) is 11.3 Å². The van der Waals surface area contributed by atoms with Gasteiger partial charge in [0.1, 0.15) is 5.76 Å². The lowest BCUT2D eigenvalue weighted by Gasteiger charge is -2.28. The third kappa shape index (κ3) is 4.12. The zero-order chi connectivity index (χ0) is 20.2. The second-order valence-electron chi connectivity index (χ2n) is 7.18. The first-order valence-electron chi connectivity index (χ1n) is 9.84. The first-order valence-corrected chi connectivity index (χ1v) is 10.7. The molecule has 0 spiro atoms. The first-order chi connectivity index (χ1) is 14.2. The molecule has 2 aromatic rings. The van der Waals surface area contributed by atoms with Crippen molar-refractivity contribution in [3.8, 4) is 0 Å². The van der Waals surface area contributed by atoms with Gasteiger partial charge in [-0.15, -0.1) is 11.3 Å². The molecule has 0 bridgehead atoms. The Morgan fingerprint density at radius 3 is 2.52 bits per heavy atom. The highest BCUT2D eigenvalue weighted by molar-refractivity contribution is 7.10. The number of hydrogen-bond acceptors (Lipinski definition) is 6. The van der Waals surface area contributed by atoms with Crippen LogP contribution in [0.3, 0.4) is 0 Å². The van der Waals surface area contributed by atoms with Crippen LogP contribution in [0.25, 0.3) is 5.76 Å². The van der Waals surface area contributed by atoms with Crippen molar-refractivity contribution in [1.29, 1.82) is 0 Å². The summed E-state index contributed by atoms with van der Waals surface area (Å²) in [6.07, 6.45) is 0.764. The van der Waals surface area contributed by atoms with Crippen LogP contribution in [-0.4, -0.2) is 66.0 Å². The summed E-state index contributed by atoms with van der Waals surface area (Å²) >= 11 is 1.49. The molecule has 0 saturated carbocycles. The van der Waals surface area contributed by atoms with E-state index in [1.165, 1.54) is 11.3 Å². The van der Waals surface area contributed by atoms with E-state index in [1.807, 2.05) is 23.6 Å². The number of ether oxygens (including phenoxy) is 1. The van der Waals surface area contributed by atoms with Crippen molar-refractivity contribution in [2.45, 2.75) is 12.5 Å². The van der Waals surface area contributed by atoms with Crippen LogP contribution in [0.5, 0.6) is 0 Å². The molecule has 4 rings (SSSR count). The van der Waals surface area contributed by atoms with Gasteiger partial charge in [0.15, 0.2) is 0 Å². The van der Waals surface area contributed by atoms with Crippen LogP contribution in [0.2, 0.25) is 0 Å². The number of Topliss-reactive ketones (excluding diaryl/α,β-unsaturated/α-hetero) is 1. The molecule has 152 valence electrons. The molecule has 1 N–H and O–H groups in total. The van der Waals surface area contributed by atoms with Gasteiger partial charge in [0.25, 0.3) is 11.7 Å². The number of morpholine rings is 1. The van der Waals surface area contributed by atoms with Gasteiger partial charge >= 0.3 is 0 Å². The van der Waals surface area contributed by atoms with Gasteiger partial charge in [-0.1, -0.05) is 36.4 Å². The lowest BCUT2D eigenvalue weighted by Crippen LogP contribution is -2.38. The number of carbonyl (C=O) groups is 2. The molecule has 0 unspecified atom stereocenters. The Kier molecular flexibility index (Phi) is 6.08. The zero-order valence-electron chi connectivity index (χ0n) is 16.1. The summed E-state index contributed by atoms with van der Waals surface area (Å²) in [5.74, 6) is -1.27. The number of aliphatic hydroxyl groups is 1. The van der Waals surface area contributed by atoms with Crippen LogP contribution in [0.4, 0.5) is 0 Å². The third-order valence-corrected chi connectivity index (χ3v) is 6.30. The van der Waals surface area contributed by atoms with E-state index in [4.69, 9.17) is 4.74 Å². The highest BCUT2D eigenvalue weighted by atomic mass is 32.1. The first kappa shape index (κ1) is 19.8. The van der Waals surface area contributed by atoms with Crippen LogP contribution in [0.15, 0.2) is 53.4 Å². The summed E-state index contributed by atoms with van der Waals surface area (Å²) in [7, 11) is 0. The third-order valence-electron chi connectivity index (χ3n) is 5.38. The second kappa shape index (κ2) is 8.90. The van der Waals surface area contributed by atoms with Crippen LogP contribution in [0.1, 0.15) is 22.9 Å². The Bertz CT molecular complexity index is 889. The van der Waals surface area contributed by atoms with E-state index in [9.17, 15) is 14.7 Å². The maximum absolute atomic E-state index is 12.9. The molecule has 1 amide bonds. The summed E-state index contributed by atoms with van der Waals surface area (Å²) < 4.78 is 5.38. The fraction of sp³-hybridized carbons (Fsp3) is 0.364. The SMILES string of the molecule is O=C1C(=O)N(CCCN2CCOCC2)[C@@H](c2cccs2)C1=C(O)c1ccccc1. The quantitative estimate of drug-likeness (QED) is 0.449. The van der Waals surface area contributed by atoms with Gasteiger partial charge in [-0.2, -0.15) is 0 Å². The largest absolute Gasteiger partial charge is 0.507 e. The standard InChI is InChI=1S/C22H24N2O4S/c25-20(16-6-2-1-3-7-16)18-19(17-8-4-15-29-17)24(22(27)21(18)26)10-5-9-23-11-13-28-14-12-23/h1-4,6-8,15,19,25H,5,9-14H2/t19-/m0/s1. The van der Waals surface area contributed by atoms with Gasteiger partial charge in [-0.05, 0) is 17.9 Å². The van der Waals surface area contributed by atoms with Gasteiger partial charge in [-0.3, -0.25) is 14.5 Å². The van der Waals surface area contributed by atoms with E-state index in [0.717, 1.165) is 44.1 Å². The van der Waals surface area contributed by atoms with Crippen molar-refractivity contribution < 1.29 is 19.4 Å². The number of ketones is 1. The maximum atomic E-state index is 12.9. The Balaban J connectivity index is 1.60. The minimum absolute atomic E-state index is 0.113. The van der Waals surface area contributed by atoms with Crippen LogP contribution in [0, 0.1) is 0 Å². The van der Waals surface area contributed by atoms with Gasteiger partial charge < -0.3 is 14.7 Å². The van der Waals surface area contributed by atoms with E-state index < -0.39 is 17.7 Å². The molecule has 6 nitrogen and oxygen atoms in total. The van der Waals surface area contributed by atoms with Crippen molar-refractivity contribution in [3.63, 3.8) is 0 Å². The lowest BCUT2D eigenvalue weighted by molar-refractivity contribution is -0.140. The Morgan fingerprint density at radius 1 is 1.07 bits per heavy atom. The smallest absolute Gasteiger partial charge is 0.295 e. The topological polar surface area (TPSA) is 70.1 Å². The number of carbonyl (C=O) groups excluding carboxylic acids is 2. The minimum Gasteiger partial charge on any atom is -0.507 e. The van der Waals surface area contributed by atoms with Crippen molar-refractivity contribution >= 4 is 28.8 Å². The molecule has 1 aromatic carbocycles. The molecule has 2 aliphatic rings. The predicted octanol–water partition coefficient (Wildman–Crippen LogP) is 2.89. The molecular formula is C22H24N2O4S. The predicted molar refractivity (Wildman–Crippen MR) is 112 cm³/mol. The minimum atomic E-state index is -0.615. The van der Waals surface area contributed by atoms with E-state index in [1.54, 1.807) is 29.2 Å². The normalized spacial score (nSPS) is 22.3. The molecule has 3 heterocycles. The molecule has 2 saturated heterocycles. The fourth-order valence-corrected chi connectivity index (χ4v) is 4.74. The summed E-state index contributed by atoms with van der Waals surface area (Å²) in [5.41, 5.74) is 0.718. The number of amides is 1. The zero-order valence-corrected chi connectivity index (χ0v) is 16.9. The van der Waals surface area contributed by atoms with Crippen LogP contribution in [-0.2, 0) is 14.3 Å². The van der Waals surface area contributed by atoms with Gasteiger partial charge in [0.05, 0.1) is 24.8 Å². The summed E-state index contributed by atoms with van der Waals surface area (Å²) in [6.45, 7) is 4.56. The van der Waals surface area contributed by atoms with Crippen molar-refractivity contribution in [1.82, 2.24) is 9.80 Å².